The number of aliphatic hydroxyl groups excluding tert-OH is 7. The van der Waals surface area contributed by atoms with Gasteiger partial charge in [-0.15, -0.1) is 0 Å². The van der Waals surface area contributed by atoms with Crippen LogP contribution < -0.4 is 0 Å². The van der Waals surface area contributed by atoms with Crippen molar-refractivity contribution in [1.82, 2.24) is 0 Å². The highest BCUT2D eigenvalue weighted by molar-refractivity contribution is 4.94. The fourth-order valence-corrected chi connectivity index (χ4v) is 4.03. The molecular weight excluding hydrogens is 456 g/mol. The number of unbranched alkanes of at least 4 members (excludes halogenated alkanes) is 5. The van der Waals surface area contributed by atoms with Crippen LogP contribution in [0, 0.1) is 0 Å². The Morgan fingerprint density at radius 1 is 0.706 bits per heavy atom. The van der Waals surface area contributed by atoms with E-state index < -0.39 is 80.9 Å². The summed E-state index contributed by atoms with van der Waals surface area (Å²) in [7, 11) is 0. The molecule has 12 nitrogen and oxygen atoms in total. The van der Waals surface area contributed by atoms with Crippen LogP contribution in [0.25, 0.3) is 0 Å². The second-order valence-corrected chi connectivity index (χ2v) is 8.85. The average Bonchev–Trinajstić information content (AvgIpc) is 2.83. The molecule has 12 heteroatoms. The lowest BCUT2D eigenvalue weighted by molar-refractivity contribution is -0.371. The summed E-state index contributed by atoms with van der Waals surface area (Å²) in [5.74, 6) is 0. The van der Waals surface area contributed by atoms with Crippen LogP contribution in [-0.2, 0) is 23.7 Å². The van der Waals surface area contributed by atoms with Crippen molar-refractivity contribution in [1.29, 1.82) is 0 Å². The first-order valence-electron chi connectivity index (χ1n) is 12.1. The van der Waals surface area contributed by atoms with E-state index in [0.29, 0.717) is 6.61 Å². The predicted molar refractivity (Wildman–Crippen MR) is 116 cm³/mol. The third kappa shape index (κ3) is 8.02. The molecule has 0 amide bonds. The van der Waals surface area contributed by atoms with Gasteiger partial charge in [0.1, 0.15) is 48.8 Å². The van der Waals surface area contributed by atoms with Gasteiger partial charge in [-0.2, -0.15) is 0 Å². The molecule has 0 saturated carbocycles. The molecule has 7 N–H and O–H groups in total. The maximum Gasteiger partial charge on any atom is 0.189 e. The summed E-state index contributed by atoms with van der Waals surface area (Å²) in [6.07, 6.45) is -8.97. The highest BCUT2D eigenvalue weighted by Crippen LogP contribution is 2.30. The third-order valence-corrected chi connectivity index (χ3v) is 6.14. The SMILES string of the molecule is CCCCCCCCOC(C)O[C@H]1O[C@H](CO)[C@@H](O[C@@H]2O[C@H](CO)[C@H](O)[C@H](O)[C@H]2O)[C@H](O)[C@H]1O. The molecule has 2 fully saturated rings. The lowest BCUT2D eigenvalue weighted by atomic mass is 9.97. The predicted octanol–water partition coefficient (Wildman–Crippen LogP) is -1.65. The van der Waals surface area contributed by atoms with Crippen LogP contribution >= 0.6 is 0 Å². The van der Waals surface area contributed by atoms with Gasteiger partial charge in [0.25, 0.3) is 0 Å². The number of hydrogen-bond donors (Lipinski definition) is 7. The lowest BCUT2D eigenvalue weighted by Crippen LogP contribution is -2.64. The quantitative estimate of drug-likeness (QED) is 0.107. The van der Waals surface area contributed by atoms with Gasteiger partial charge >= 0.3 is 0 Å². The van der Waals surface area contributed by atoms with Crippen LogP contribution in [0.15, 0.2) is 0 Å². The molecule has 11 atom stereocenters. The van der Waals surface area contributed by atoms with Crippen LogP contribution in [0.1, 0.15) is 52.4 Å². The van der Waals surface area contributed by atoms with Crippen molar-refractivity contribution in [3.63, 3.8) is 0 Å². The molecule has 0 spiro atoms. The van der Waals surface area contributed by atoms with E-state index in [1.54, 1.807) is 6.92 Å². The van der Waals surface area contributed by atoms with Gasteiger partial charge in [-0.1, -0.05) is 39.0 Å². The van der Waals surface area contributed by atoms with Gasteiger partial charge in [0, 0.05) is 6.61 Å². The fraction of sp³-hybridized carbons (Fsp3) is 1.00. The first-order chi connectivity index (χ1) is 16.2. The Morgan fingerprint density at radius 2 is 1.29 bits per heavy atom. The Kier molecular flexibility index (Phi) is 13.1. The van der Waals surface area contributed by atoms with E-state index in [0.717, 1.165) is 19.3 Å². The molecule has 34 heavy (non-hydrogen) atoms. The number of hydrogen-bond acceptors (Lipinski definition) is 12. The molecule has 2 aliphatic heterocycles. The molecule has 1 unspecified atom stereocenters. The fourth-order valence-electron chi connectivity index (χ4n) is 4.03. The summed E-state index contributed by atoms with van der Waals surface area (Å²) >= 11 is 0. The zero-order chi connectivity index (χ0) is 25.3. The van der Waals surface area contributed by atoms with Crippen molar-refractivity contribution >= 4 is 0 Å². The van der Waals surface area contributed by atoms with E-state index in [9.17, 15) is 35.7 Å². The number of rotatable bonds is 14. The Balaban J connectivity index is 1.87. The Morgan fingerprint density at radius 3 is 1.94 bits per heavy atom. The van der Waals surface area contributed by atoms with Gasteiger partial charge in [0.2, 0.25) is 0 Å². The van der Waals surface area contributed by atoms with Crippen molar-refractivity contribution in [2.75, 3.05) is 19.8 Å². The van der Waals surface area contributed by atoms with E-state index in [2.05, 4.69) is 6.92 Å². The Labute approximate surface area is 200 Å². The summed E-state index contributed by atoms with van der Waals surface area (Å²) in [4.78, 5) is 0. The normalized spacial score (nSPS) is 39.8. The number of aliphatic hydroxyl groups is 7. The van der Waals surface area contributed by atoms with Gasteiger partial charge in [-0.3, -0.25) is 0 Å². The van der Waals surface area contributed by atoms with Crippen molar-refractivity contribution in [2.45, 2.75) is 120 Å². The minimum Gasteiger partial charge on any atom is -0.394 e. The zero-order valence-corrected chi connectivity index (χ0v) is 19.9. The molecule has 0 aromatic heterocycles. The summed E-state index contributed by atoms with van der Waals surface area (Å²) in [6.45, 7) is 2.96. The van der Waals surface area contributed by atoms with E-state index >= 15 is 0 Å². The molecule has 2 aliphatic rings. The Hall–Kier alpha value is -0.480. The largest absolute Gasteiger partial charge is 0.394 e. The lowest BCUT2D eigenvalue weighted by Gasteiger charge is -2.46. The van der Waals surface area contributed by atoms with Crippen molar-refractivity contribution in [2.24, 2.45) is 0 Å². The monoisotopic (exact) mass is 498 g/mol. The van der Waals surface area contributed by atoms with Gasteiger partial charge in [-0.25, -0.2) is 0 Å². The molecule has 2 saturated heterocycles. The van der Waals surface area contributed by atoms with Crippen LogP contribution in [0.2, 0.25) is 0 Å². The minimum atomic E-state index is -1.72. The molecule has 0 aromatic rings. The molecule has 202 valence electrons. The molecule has 0 radical (unpaired) electrons. The Bertz CT molecular complexity index is 550. The van der Waals surface area contributed by atoms with E-state index in [4.69, 9.17) is 23.7 Å². The van der Waals surface area contributed by atoms with Crippen molar-refractivity contribution < 1.29 is 59.4 Å². The smallest absolute Gasteiger partial charge is 0.189 e. The maximum atomic E-state index is 10.6. The molecule has 2 rings (SSSR count). The van der Waals surface area contributed by atoms with Crippen molar-refractivity contribution in [3.05, 3.63) is 0 Å². The van der Waals surface area contributed by atoms with Crippen molar-refractivity contribution in [3.8, 4) is 0 Å². The van der Waals surface area contributed by atoms with Crippen LogP contribution in [-0.4, -0.2) is 123 Å². The summed E-state index contributed by atoms with van der Waals surface area (Å²) < 4.78 is 27.5. The van der Waals surface area contributed by atoms with E-state index in [-0.39, 0.29) is 0 Å². The highest BCUT2D eigenvalue weighted by Gasteiger charge is 2.50. The van der Waals surface area contributed by atoms with Gasteiger partial charge in [-0.05, 0) is 13.3 Å². The van der Waals surface area contributed by atoms with Gasteiger partial charge < -0.3 is 59.4 Å². The molecular formula is C22H42O12. The maximum absolute atomic E-state index is 10.6. The number of ether oxygens (including phenoxy) is 5. The second kappa shape index (κ2) is 14.9. The summed E-state index contributed by atoms with van der Waals surface area (Å²) in [5, 5.41) is 70.1. The third-order valence-electron chi connectivity index (χ3n) is 6.14. The highest BCUT2D eigenvalue weighted by atomic mass is 16.8. The van der Waals surface area contributed by atoms with Crippen LogP contribution in [0.4, 0.5) is 0 Å². The van der Waals surface area contributed by atoms with Crippen LogP contribution in [0.5, 0.6) is 0 Å². The summed E-state index contributed by atoms with van der Waals surface area (Å²) in [6, 6.07) is 0. The average molecular weight is 499 g/mol. The standard InChI is InChI=1S/C22H42O12/c1-3-4-5-6-7-8-9-30-12(2)31-21-19(29)17(27)20(14(11-24)33-21)34-22-18(28)16(26)15(25)13(10-23)32-22/h12-29H,3-11H2,1-2H3/t12?,13-,14-,15+,16+,17-,18-,19-,20-,21+,22+/m1/s1. The van der Waals surface area contributed by atoms with E-state index in [1.165, 1.54) is 19.3 Å². The second-order valence-electron chi connectivity index (χ2n) is 8.85. The minimum absolute atomic E-state index is 0.463. The van der Waals surface area contributed by atoms with Crippen LogP contribution in [0.3, 0.4) is 0 Å². The molecule has 0 aromatic carbocycles. The topological polar surface area (TPSA) is 188 Å². The van der Waals surface area contributed by atoms with Gasteiger partial charge in [0.05, 0.1) is 13.2 Å². The first-order valence-corrected chi connectivity index (χ1v) is 12.1. The molecule has 2 heterocycles. The van der Waals surface area contributed by atoms with E-state index in [1.807, 2.05) is 0 Å². The molecule has 0 bridgehead atoms. The first kappa shape index (κ1) is 29.7. The van der Waals surface area contributed by atoms with Gasteiger partial charge in [0.15, 0.2) is 18.9 Å². The zero-order valence-electron chi connectivity index (χ0n) is 19.9. The summed E-state index contributed by atoms with van der Waals surface area (Å²) in [5.41, 5.74) is 0. The molecule has 0 aliphatic carbocycles.